The molecule has 21 heavy (non-hydrogen) atoms. The van der Waals surface area contributed by atoms with Gasteiger partial charge in [0.15, 0.2) is 0 Å². The second kappa shape index (κ2) is 6.83. The van der Waals surface area contributed by atoms with Crippen LogP contribution in [-0.4, -0.2) is 28.8 Å². The second-order valence-electron chi connectivity index (χ2n) is 5.35. The van der Waals surface area contributed by atoms with E-state index in [0.29, 0.717) is 5.75 Å². The molecule has 1 aromatic carbocycles. The number of aliphatic carboxylic acids is 1. The fourth-order valence-corrected chi connectivity index (χ4v) is 3.64. The lowest BCUT2D eigenvalue weighted by Crippen LogP contribution is -2.43. The number of carboxylic acids is 1. The summed E-state index contributed by atoms with van der Waals surface area (Å²) in [6.07, 6.45) is 1.83. The third-order valence-electron chi connectivity index (χ3n) is 3.98. The number of hydrogen-bond donors (Lipinski definition) is 3. The summed E-state index contributed by atoms with van der Waals surface area (Å²) in [6, 6.07) is 5.22. The Morgan fingerprint density at radius 1 is 1.52 bits per heavy atom. The molecule has 4 nitrogen and oxygen atoms in total. The fourth-order valence-electron chi connectivity index (χ4n) is 2.81. The number of fused-ring (bicyclic) bond motifs is 1. The van der Waals surface area contributed by atoms with Crippen molar-refractivity contribution in [1.82, 2.24) is 5.32 Å². The summed E-state index contributed by atoms with van der Waals surface area (Å²) in [6.45, 7) is 1.47. The molecular formula is C15H18BrNO3S. The highest BCUT2D eigenvalue weighted by molar-refractivity contribution is 9.10. The molecule has 1 aliphatic carbocycles. The van der Waals surface area contributed by atoms with Crippen molar-refractivity contribution in [3.05, 3.63) is 33.8 Å². The smallest absolute Gasteiger partial charge is 0.325 e. The molecule has 0 fully saturated rings. The van der Waals surface area contributed by atoms with E-state index in [9.17, 15) is 9.59 Å². The molecule has 1 aliphatic rings. The summed E-state index contributed by atoms with van der Waals surface area (Å²) in [4.78, 5) is 23.2. The van der Waals surface area contributed by atoms with E-state index in [-0.39, 0.29) is 17.7 Å². The molecule has 1 aromatic rings. The molecule has 1 amide bonds. The second-order valence-corrected chi connectivity index (χ2v) is 6.63. The van der Waals surface area contributed by atoms with Gasteiger partial charge in [-0.25, -0.2) is 0 Å². The van der Waals surface area contributed by atoms with E-state index < -0.39 is 12.0 Å². The number of carbonyl (C=O) groups is 2. The van der Waals surface area contributed by atoms with E-state index in [0.717, 1.165) is 17.3 Å². The normalized spacial score (nSPS) is 19.7. The first-order valence-corrected chi connectivity index (χ1v) is 8.29. The molecule has 0 spiro atoms. The van der Waals surface area contributed by atoms with Crippen molar-refractivity contribution < 1.29 is 14.7 Å². The number of carboxylic acid groups (broad SMARTS) is 1. The summed E-state index contributed by atoms with van der Waals surface area (Å²) in [5.41, 5.74) is 2.43. The standard InChI is InChI=1S/C15H18BrNO3S/c1-8(15(19)20)17-14(18)13(7-21)12-4-2-9-6-10(16)3-5-11(9)12/h3,5-6,8,12-13,21H,2,4,7H2,1H3,(H,17,18)(H,19,20)/t8-,12-,13-/m0/s1. The number of carbonyl (C=O) groups excluding carboxylic acids is 1. The van der Waals surface area contributed by atoms with Gasteiger partial charge in [-0.3, -0.25) is 9.59 Å². The average Bonchev–Trinajstić information content (AvgIpc) is 2.82. The van der Waals surface area contributed by atoms with Crippen LogP contribution >= 0.6 is 28.6 Å². The molecule has 0 saturated heterocycles. The van der Waals surface area contributed by atoms with E-state index in [1.807, 2.05) is 12.1 Å². The number of nitrogens with one attached hydrogen (secondary N) is 1. The van der Waals surface area contributed by atoms with Gasteiger partial charge in [-0.15, -0.1) is 0 Å². The molecule has 0 unspecified atom stereocenters. The molecule has 0 aromatic heterocycles. The predicted octanol–water partition coefficient (Wildman–Crippen LogP) is 2.61. The minimum Gasteiger partial charge on any atom is -0.480 e. The molecule has 6 heteroatoms. The van der Waals surface area contributed by atoms with Crippen LogP contribution in [-0.2, 0) is 16.0 Å². The van der Waals surface area contributed by atoms with E-state index in [1.54, 1.807) is 0 Å². The number of rotatable bonds is 5. The van der Waals surface area contributed by atoms with E-state index in [2.05, 4.69) is 39.9 Å². The Morgan fingerprint density at radius 2 is 2.24 bits per heavy atom. The van der Waals surface area contributed by atoms with Gasteiger partial charge >= 0.3 is 5.97 Å². The Morgan fingerprint density at radius 3 is 2.86 bits per heavy atom. The molecular weight excluding hydrogens is 354 g/mol. The highest BCUT2D eigenvalue weighted by Gasteiger charge is 2.34. The number of thiol groups is 1. The Bertz CT molecular complexity index is 564. The summed E-state index contributed by atoms with van der Waals surface area (Å²) in [5, 5.41) is 11.5. The number of hydrogen-bond acceptors (Lipinski definition) is 3. The van der Waals surface area contributed by atoms with Gasteiger partial charge in [-0.1, -0.05) is 22.0 Å². The topological polar surface area (TPSA) is 66.4 Å². The lowest BCUT2D eigenvalue weighted by molar-refractivity contribution is -0.141. The van der Waals surface area contributed by atoms with Gasteiger partial charge in [0.25, 0.3) is 0 Å². The van der Waals surface area contributed by atoms with Crippen molar-refractivity contribution in [2.24, 2.45) is 5.92 Å². The highest BCUT2D eigenvalue weighted by Crippen LogP contribution is 2.40. The van der Waals surface area contributed by atoms with E-state index >= 15 is 0 Å². The molecule has 0 radical (unpaired) electrons. The lowest BCUT2D eigenvalue weighted by atomic mass is 9.87. The number of benzene rings is 1. The zero-order valence-corrected chi connectivity index (χ0v) is 14.2. The minimum absolute atomic E-state index is 0.103. The van der Waals surface area contributed by atoms with E-state index in [1.165, 1.54) is 18.1 Å². The summed E-state index contributed by atoms with van der Waals surface area (Å²) in [7, 11) is 0. The predicted molar refractivity (Wildman–Crippen MR) is 87.8 cm³/mol. The van der Waals surface area contributed by atoms with Crippen LogP contribution in [0.5, 0.6) is 0 Å². The maximum Gasteiger partial charge on any atom is 0.325 e. The summed E-state index contributed by atoms with van der Waals surface area (Å²) < 4.78 is 1.04. The fraction of sp³-hybridized carbons (Fsp3) is 0.467. The van der Waals surface area contributed by atoms with Crippen molar-refractivity contribution in [2.45, 2.75) is 31.7 Å². The Balaban J connectivity index is 2.16. The molecule has 0 heterocycles. The zero-order chi connectivity index (χ0) is 15.6. The summed E-state index contributed by atoms with van der Waals surface area (Å²) in [5.74, 6) is -1.07. The van der Waals surface area contributed by atoms with Crippen molar-refractivity contribution in [3.63, 3.8) is 0 Å². The van der Waals surface area contributed by atoms with Gasteiger partial charge in [-0.2, -0.15) is 12.6 Å². The molecule has 0 saturated carbocycles. The maximum absolute atomic E-state index is 12.3. The van der Waals surface area contributed by atoms with Gasteiger partial charge in [0.05, 0.1) is 5.92 Å². The zero-order valence-electron chi connectivity index (χ0n) is 11.7. The average molecular weight is 372 g/mol. The number of aryl methyl sites for hydroxylation is 1. The Kier molecular flexibility index (Phi) is 5.32. The molecule has 0 bridgehead atoms. The van der Waals surface area contributed by atoms with Crippen LogP contribution in [0.3, 0.4) is 0 Å². The number of amides is 1. The van der Waals surface area contributed by atoms with Crippen LogP contribution in [0, 0.1) is 5.92 Å². The molecule has 0 aliphatic heterocycles. The van der Waals surface area contributed by atoms with Crippen molar-refractivity contribution in [3.8, 4) is 0 Å². The van der Waals surface area contributed by atoms with Crippen LogP contribution in [0.25, 0.3) is 0 Å². The maximum atomic E-state index is 12.3. The van der Waals surface area contributed by atoms with Crippen LogP contribution in [0.4, 0.5) is 0 Å². The van der Waals surface area contributed by atoms with Crippen LogP contribution in [0.15, 0.2) is 22.7 Å². The van der Waals surface area contributed by atoms with Gasteiger partial charge in [0, 0.05) is 10.2 Å². The lowest BCUT2D eigenvalue weighted by Gasteiger charge is -2.23. The first kappa shape index (κ1) is 16.4. The molecule has 114 valence electrons. The van der Waals surface area contributed by atoms with Crippen molar-refractivity contribution >= 4 is 40.4 Å². The van der Waals surface area contributed by atoms with Gasteiger partial charge in [0.1, 0.15) is 6.04 Å². The van der Waals surface area contributed by atoms with Crippen LogP contribution < -0.4 is 5.32 Å². The first-order valence-electron chi connectivity index (χ1n) is 6.86. The highest BCUT2D eigenvalue weighted by atomic mass is 79.9. The van der Waals surface area contributed by atoms with E-state index in [4.69, 9.17) is 5.11 Å². The van der Waals surface area contributed by atoms with Gasteiger partial charge < -0.3 is 10.4 Å². The largest absolute Gasteiger partial charge is 0.480 e. The third-order valence-corrected chi connectivity index (χ3v) is 4.86. The van der Waals surface area contributed by atoms with Gasteiger partial charge in [0.2, 0.25) is 5.91 Å². The molecule has 2 rings (SSSR count). The van der Waals surface area contributed by atoms with Crippen molar-refractivity contribution in [1.29, 1.82) is 0 Å². The monoisotopic (exact) mass is 371 g/mol. The first-order chi connectivity index (χ1) is 9.93. The van der Waals surface area contributed by atoms with Crippen LogP contribution in [0.2, 0.25) is 0 Å². The molecule has 3 atom stereocenters. The van der Waals surface area contributed by atoms with Gasteiger partial charge in [-0.05, 0) is 48.9 Å². The number of halogens is 1. The SMILES string of the molecule is C[C@H](NC(=O)[C@@H](CS)[C@H]1CCc2cc(Br)ccc21)C(=O)O. The quantitative estimate of drug-likeness (QED) is 0.697. The summed E-state index contributed by atoms with van der Waals surface area (Å²) >= 11 is 7.76. The third kappa shape index (κ3) is 3.61. The molecule has 2 N–H and O–H groups in total. The van der Waals surface area contributed by atoms with Crippen molar-refractivity contribution in [2.75, 3.05) is 5.75 Å². The Hall–Kier alpha value is -1.01. The Labute approximate surface area is 137 Å². The van der Waals surface area contributed by atoms with Crippen LogP contribution in [0.1, 0.15) is 30.4 Å². The minimum atomic E-state index is -1.03.